The minimum Gasteiger partial charge on any atom is -0.445 e. The largest absolute Gasteiger partial charge is 0.445 e. The van der Waals surface area contributed by atoms with Gasteiger partial charge in [0, 0.05) is 6.54 Å². The Hall–Kier alpha value is -2.04. The zero-order chi connectivity index (χ0) is 13.5. The van der Waals surface area contributed by atoms with Crippen LogP contribution in [0.2, 0.25) is 0 Å². The van der Waals surface area contributed by atoms with Crippen LogP contribution in [0.1, 0.15) is 24.8 Å². The van der Waals surface area contributed by atoms with Crippen LogP contribution in [-0.4, -0.2) is 24.6 Å². The lowest BCUT2D eigenvalue weighted by molar-refractivity contribution is -0.122. The van der Waals surface area contributed by atoms with Crippen molar-refractivity contribution in [3.8, 4) is 0 Å². The third kappa shape index (κ3) is 4.28. The number of rotatable bonds is 3. The molecule has 0 spiro atoms. The molecular weight excluding hydrogens is 244 g/mol. The van der Waals surface area contributed by atoms with Gasteiger partial charge in [0.05, 0.1) is 0 Å². The normalized spacial score (nSPS) is 19.2. The minimum absolute atomic E-state index is 0.130. The molecule has 0 aliphatic carbocycles. The second kappa shape index (κ2) is 6.78. The third-order valence-electron chi connectivity index (χ3n) is 3.04. The average Bonchev–Trinajstić information content (AvgIpc) is 2.63. The molecule has 5 nitrogen and oxygen atoms in total. The monoisotopic (exact) mass is 262 g/mol. The molecule has 1 aromatic rings. The number of ether oxygens (including phenoxy) is 1. The number of hydrogen-bond acceptors (Lipinski definition) is 3. The zero-order valence-corrected chi connectivity index (χ0v) is 10.7. The fourth-order valence-corrected chi connectivity index (χ4v) is 1.98. The second-order valence-corrected chi connectivity index (χ2v) is 4.55. The Labute approximate surface area is 112 Å². The number of carbonyl (C=O) groups is 2. The lowest BCUT2D eigenvalue weighted by Gasteiger charge is -2.15. The van der Waals surface area contributed by atoms with E-state index in [1.54, 1.807) is 0 Å². The molecule has 102 valence electrons. The van der Waals surface area contributed by atoms with Crippen molar-refractivity contribution in [2.24, 2.45) is 0 Å². The summed E-state index contributed by atoms with van der Waals surface area (Å²) in [4.78, 5) is 23.3. The molecule has 0 bridgehead atoms. The van der Waals surface area contributed by atoms with Crippen molar-refractivity contribution in [3.05, 3.63) is 35.9 Å². The average molecular weight is 262 g/mol. The van der Waals surface area contributed by atoms with Gasteiger partial charge in [0.1, 0.15) is 12.6 Å². The summed E-state index contributed by atoms with van der Waals surface area (Å²) in [6, 6.07) is 8.95. The first-order chi connectivity index (χ1) is 9.25. The summed E-state index contributed by atoms with van der Waals surface area (Å²) in [6.45, 7) is 0.886. The van der Waals surface area contributed by atoms with Gasteiger partial charge in [-0.2, -0.15) is 0 Å². The van der Waals surface area contributed by atoms with Gasteiger partial charge in [-0.25, -0.2) is 4.79 Å². The molecule has 2 rings (SSSR count). The van der Waals surface area contributed by atoms with Gasteiger partial charge in [0.25, 0.3) is 0 Å². The Morgan fingerprint density at radius 2 is 2.11 bits per heavy atom. The van der Waals surface area contributed by atoms with E-state index in [1.165, 1.54) is 0 Å². The minimum atomic E-state index is -0.550. The first kappa shape index (κ1) is 13.4. The maximum Gasteiger partial charge on any atom is 0.408 e. The van der Waals surface area contributed by atoms with Crippen LogP contribution in [0.25, 0.3) is 0 Å². The van der Waals surface area contributed by atoms with E-state index in [4.69, 9.17) is 4.74 Å². The van der Waals surface area contributed by atoms with Crippen LogP contribution in [0.5, 0.6) is 0 Å². The number of alkyl carbamates (subject to hydrolysis) is 1. The molecule has 1 saturated heterocycles. The Kier molecular flexibility index (Phi) is 4.78. The van der Waals surface area contributed by atoms with E-state index >= 15 is 0 Å². The summed E-state index contributed by atoms with van der Waals surface area (Å²) in [5, 5.41) is 5.37. The summed E-state index contributed by atoms with van der Waals surface area (Å²) < 4.78 is 5.09. The molecule has 5 heteroatoms. The lowest BCUT2D eigenvalue weighted by atomic mass is 10.1. The standard InChI is InChI=1S/C14H18N2O3/c17-13-12(8-4-5-9-15-13)16-14(18)19-10-11-6-2-1-3-7-11/h1-3,6-7,12H,4-5,8-10H2,(H,15,17)(H,16,18). The Morgan fingerprint density at radius 1 is 1.32 bits per heavy atom. The van der Waals surface area contributed by atoms with Crippen molar-refractivity contribution in [2.45, 2.75) is 31.9 Å². The number of carbonyl (C=O) groups excluding carboxylic acids is 2. The number of benzene rings is 1. The van der Waals surface area contributed by atoms with Crippen molar-refractivity contribution in [1.82, 2.24) is 10.6 Å². The van der Waals surface area contributed by atoms with Crippen molar-refractivity contribution in [3.63, 3.8) is 0 Å². The van der Waals surface area contributed by atoms with E-state index in [0.717, 1.165) is 18.4 Å². The predicted molar refractivity (Wildman–Crippen MR) is 70.4 cm³/mol. The first-order valence-corrected chi connectivity index (χ1v) is 6.50. The van der Waals surface area contributed by atoms with Gasteiger partial charge < -0.3 is 15.4 Å². The van der Waals surface area contributed by atoms with Crippen LogP contribution < -0.4 is 10.6 Å². The molecule has 1 aliphatic heterocycles. The van der Waals surface area contributed by atoms with Crippen LogP contribution in [0.15, 0.2) is 30.3 Å². The van der Waals surface area contributed by atoms with E-state index < -0.39 is 12.1 Å². The zero-order valence-electron chi connectivity index (χ0n) is 10.7. The van der Waals surface area contributed by atoms with Gasteiger partial charge in [-0.15, -0.1) is 0 Å². The Bertz CT molecular complexity index is 434. The van der Waals surface area contributed by atoms with Crippen molar-refractivity contribution >= 4 is 12.0 Å². The van der Waals surface area contributed by atoms with Gasteiger partial charge in [0.2, 0.25) is 5.91 Å². The number of amides is 2. The molecule has 2 N–H and O–H groups in total. The summed E-state index contributed by atoms with van der Waals surface area (Å²) in [5.74, 6) is -0.130. The fraction of sp³-hybridized carbons (Fsp3) is 0.429. The molecule has 1 heterocycles. The lowest BCUT2D eigenvalue weighted by Crippen LogP contribution is -2.45. The first-order valence-electron chi connectivity index (χ1n) is 6.50. The van der Waals surface area contributed by atoms with Gasteiger partial charge >= 0.3 is 6.09 Å². The van der Waals surface area contributed by atoms with Gasteiger partial charge in [-0.3, -0.25) is 4.79 Å². The van der Waals surface area contributed by atoms with Crippen LogP contribution >= 0.6 is 0 Å². The van der Waals surface area contributed by atoms with Crippen molar-refractivity contribution in [1.29, 1.82) is 0 Å². The van der Waals surface area contributed by atoms with Gasteiger partial charge in [0.15, 0.2) is 0 Å². The summed E-state index contributed by atoms with van der Waals surface area (Å²) in [6.07, 6.45) is 1.98. The molecule has 0 aromatic heterocycles. The van der Waals surface area contributed by atoms with E-state index in [2.05, 4.69) is 10.6 Å². The SMILES string of the molecule is O=C(NC1CCCCNC1=O)OCc1ccccc1. The second-order valence-electron chi connectivity index (χ2n) is 4.55. The van der Waals surface area contributed by atoms with Gasteiger partial charge in [-0.1, -0.05) is 30.3 Å². The molecular formula is C14H18N2O3. The Balaban J connectivity index is 1.79. The molecule has 1 aliphatic rings. The predicted octanol–water partition coefficient (Wildman–Crippen LogP) is 1.58. The highest BCUT2D eigenvalue weighted by atomic mass is 16.5. The number of hydrogen-bond donors (Lipinski definition) is 2. The fourth-order valence-electron chi connectivity index (χ4n) is 1.98. The van der Waals surface area contributed by atoms with E-state index in [1.807, 2.05) is 30.3 Å². The van der Waals surface area contributed by atoms with Gasteiger partial charge in [-0.05, 0) is 24.8 Å². The molecule has 19 heavy (non-hydrogen) atoms. The highest BCUT2D eigenvalue weighted by Crippen LogP contribution is 2.06. The van der Waals surface area contributed by atoms with E-state index in [-0.39, 0.29) is 12.5 Å². The van der Waals surface area contributed by atoms with Crippen LogP contribution in [0, 0.1) is 0 Å². The molecule has 0 saturated carbocycles. The van der Waals surface area contributed by atoms with E-state index in [9.17, 15) is 9.59 Å². The number of nitrogens with one attached hydrogen (secondary N) is 2. The highest BCUT2D eigenvalue weighted by Gasteiger charge is 2.22. The van der Waals surface area contributed by atoms with E-state index in [0.29, 0.717) is 13.0 Å². The molecule has 1 aromatic carbocycles. The summed E-state index contributed by atoms with van der Waals surface area (Å²) in [5.41, 5.74) is 0.919. The van der Waals surface area contributed by atoms with Crippen molar-refractivity contribution < 1.29 is 14.3 Å². The smallest absolute Gasteiger partial charge is 0.408 e. The topological polar surface area (TPSA) is 67.4 Å². The summed E-state index contributed by atoms with van der Waals surface area (Å²) in [7, 11) is 0. The van der Waals surface area contributed by atoms with Crippen LogP contribution in [0.4, 0.5) is 4.79 Å². The third-order valence-corrected chi connectivity index (χ3v) is 3.04. The van der Waals surface area contributed by atoms with Crippen LogP contribution in [-0.2, 0) is 16.1 Å². The summed E-state index contributed by atoms with van der Waals surface area (Å²) >= 11 is 0. The van der Waals surface area contributed by atoms with Crippen molar-refractivity contribution in [2.75, 3.05) is 6.54 Å². The maximum atomic E-state index is 11.6. The quantitative estimate of drug-likeness (QED) is 0.869. The van der Waals surface area contributed by atoms with Crippen LogP contribution in [0.3, 0.4) is 0 Å². The molecule has 0 radical (unpaired) electrons. The maximum absolute atomic E-state index is 11.6. The Morgan fingerprint density at radius 3 is 2.89 bits per heavy atom. The molecule has 1 atom stereocenters. The molecule has 1 fully saturated rings. The molecule has 2 amide bonds. The highest BCUT2D eigenvalue weighted by molar-refractivity contribution is 5.85. The molecule has 1 unspecified atom stereocenters.